The highest BCUT2D eigenvalue weighted by Crippen LogP contribution is 2.35. The second kappa shape index (κ2) is 6.04. The molecule has 0 spiro atoms. The molecule has 0 aliphatic carbocycles. The van der Waals surface area contributed by atoms with E-state index < -0.39 is 0 Å². The fourth-order valence-corrected chi connectivity index (χ4v) is 2.49. The van der Waals surface area contributed by atoms with Crippen molar-refractivity contribution in [3.05, 3.63) is 52.7 Å². The predicted octanol–water partition coefficient (Wildman–Crippen LogP) is 3.49. The Morgan fingerprint density at radius 3 is 2.43 bits per heavy atom. The first kappa shape index (κ1) is 15.0. The molecule has 1 aromatic heterocycles. The summed E-state index contributed by atoms with van der Waals surface area (Å²) >= 11 is 0. The summed E-state index contributed by atoms with van der Waals surface area (Å²) in [6, 6.07) is 12.2. The van der Waals surface area contributed by atoms with Gasteiger partial charge in [-0.15, -0.1) is 0 Å². The highest BCUT2D eigenvalue weighted by Gasteiger charge is 2.15. The third-order valence-electron chi connectivity index (χ3n) is 3.59. The maximum Gasteiger partial charge on any atom is 0.197 e. The van der Waals surface area contributed by atoms with Crippen LogP contribution in [0.1, 0.15) is 0 Å². The van der Waals surface area contributed by atoms with E-state index in [1.165, 1.54) is 20.3 Å². The van der Waals surface area contributed by atoms with Crippen LogP contribution in [0.25, 0.3) is 22.3 Å². The molecule has 0 atom stereocenters. The third kappa shape index (κ3) is 2.61. The van der Waals surface area contributed by atoms with E-state index in [0.29, 0.717) is 34.0 Å². The molecule has 3 aromatic rings. The Morgan fingerprint density at radius 2 is 1.74 bits per heavy atom. The zero-order valence-electron chi connectivity index (χ0n) is 13.1. The topological polar surface area (TPSA) is 57.9 Å². The molecule has 5 heteroatoms. The van der Waals surface area contributed by atoms with Crippen molar-refractivity contribution < 1.29 is 18.6 Å². The van der Waals surface area contributed by atoms with Gasteiger partial charge in [-0.25, -0.2) is 0 Å². The minimum Gasteiger partial charge on any atom is -0.497 e. The lowest BCUT2D eigenvalue weighted by Crippen LogP contribution is -2.04. The minimum absolute atomic E-state index is 0.195. The van der Waals surface area contributed by atoms with Gasteiger partial charge in [0.25, 0.3) is 0 Å². The molecule has 118 valence electrons. The number of benzene rings is 2. The Hall–Kier alpha value is -2.95. The van der Waals surface area contributed by atoms with Crippen LogP contribution in [0.2, 0.25) is 0 Å². The van der Waals surface area contributed by atoms with Crippen molar-refractivity contribution in [1.82, 2.24) is 0 Å². The minimum atomic E-state index is -0.195. The molecule has 0 amide bonds. The maximum absolute atomic E-state index is 12.5. The molecule has 0 unspecified atom stereocenters. The van der Waals surface area contributed by atoms with Crippen LogP contribution in [0.3, 0.4) is 0 Å². The van der Waals surface area contributed by atoms with Crippen LogP contribution in [0.5, 0.6) is 17.2 Å². The van der Waals surface area contributed by atoms with Gasteiger partial charge in [0.2, 0.25) is 0 Å². The number of rotatable bonds is 4. The van der Waals surface area contributed by atoms with Gasteiger partial charge in [-0.05, 0) is 24.3 Å². The quantitative estimate of drug-likeness (QED) is 0.738. The van der Waals surface area contributed by atoms with Crippen LogP contribution in [-0.4, -0.2) is 21.3 Å². The first-order chi connectivity index (χ1) is 11.2. The summed E-state index contributed by atoms with van der Waals surface area (Å²) in [6.45, 7) is 0. The van der Waals surface area contributed by atoms with Crippen molar-refractivity contribution in [2.75, 3.05) is 21.3 Å². The lowest BCUT2D eigenvalue weighted by Gasteiger charge is -2.10. The van der Waals surface area contributed by atoms with Gasteiger partial charge in [-0.3, -0.25) is 4.79 Å². The molecule has 0 radical (unpaired) electrons. The van der Waals surface area contributed by atoms with Gasteiger partial charge in [0.05, 0.1) is 21.3 Å². The van der Waals surface area contributed by atoms with Gasteiger partial charge in [0, 0.05) is 11.6 Å². The van der Waals surface area contributed by atoms with Crippen LogP contribution < -0.4 is 19.6 Å². The molecule has 0 saturated heterocycles. The number of fused-ring (bicyclic) bond motifs is 1. The van der Waals surface area contributed by atoms with Gasteiger partial charge in [-0.2, -0.15) is 0 Å². The summed E-state index contributed by atoms with van der Waals surface area (Å²) in [5, 5.41) is 0.360. The van der Waals surface area contributed by atoms with Crippen molar-refractivity contribution in [3.8, 4) is 28.6 Å². The summed E-state index contributed by atoms with van der Waals surface area (Å²) in [4.78, 5) is 12.5. The fraction of sp³-hybridized carbons (Fsp3) is 0.167. The smallest absolute Gasteiger partial charge is 0.197 e. The predicted molar refractivity (Wildman–Crippen MR) is 87.6 cm³/mol. The largest absolute Gasteiger partial charge is 0.497 e. The molecule has 0 aliphatic rings. The molecule has 0 N–H and O–H groups in total. The van der Waals surface area contributed by atoms with Crippen molar-refractivity contribution in [2.24, 2.45) is 0 Å². The van der Waals surface area contributed by atoms with Gasteiger partial charge >= 0.3 is 0 Å². The van der Waals surface area contributed by atoms with Gasteiger partial charge in [0.1, 0.15) is 22.5 Å². The van der Waals surface area contributed by atoms with Crippen LogP contribution in [0.4, 0.5) is 0 Å². The van der Waals surface area contributed by atoms with Crippen molar-refractivity contribution >= 4 is 11.0 Å². The molecule has 0 bridgehead atoms. The summed E-state index contributed by atoms with van der Waals surface area (Å²) in [5.41, 5.74) is 1.01. The molecule has 23 heavy (non-hydrogen) atoms. The van der Waals surface area contributed by atoms with E-state index in [4.69, 9.17) is 18.6 Å². The van der Waals surface area contributed by atoms with E-state index in [0.717, 1.165) is 5.56 Å². The van der Waals surface area contributed by atoms with Gasteiger partial charge in [-0.1, -0.05) is 12.1 Å². The van der Waals surface area contributed by atoms with Crippen molar-refractivity contribution in [3.63, 3.8) is 0 Å². The van der Waals surface area contributed by atoms with Gasteiger partial charge < -0.3 is 18.6 Å². The normalized spacial score (nSPS) is 10.6. The second-order valence-electron chi connectivity index (χ2n) is 4.88. The molecule has 0 fully saturated rings. The first-order valence-electron chi connectivity index (χ1n) is 7.01. The third-order valence-corrected chi connectivity index (χ3v) is 3.59. The van der Waals surface area contributed by atoms with E-state index in [2.05, 4.69) is 0 Å². The Balaban J connectivity index is 2.24. The van der Waals surface area contributed by atoms with E-state index in [1.54, 1.807) is 19.2 Å². The maximum atomic E-state index is 12.5. The molecule has 2 aromatic carbocycles. The average Bonchev–Trinajstić information content (AvgIpc) is 2.60. The van der Waals surface area contributed by atoms with Crippen LogP contribution >= 0.6 is 0 Å². The monoisotopic (exact) mass is 312 g/mol. The van der Waals surface area contributed by atoms with E-state index >= 15 is 0 Å². The molecular formula is C18H16O5. The highest BCUT2D eigenvalue weighted by atomic mass is 16.5. The Bertz CT molecular complexity index is 911. The summed E-state index contributed by atoms with van der Waals surface area (Å²) in [7, 11) is 4.61. The fourth-order valence-electron chi connectivity index (χ4n) is 2.49. The van der Waals surface area contributed by atoms with E-state index in [1.807, 2.05) is 24.3 Å². The van der Waals surface area contributed by atoms with Gasteiger partial charge in [0.15, 0.2) is 16.9 Å². The Morgan fingerprint density at radius 1 is 0.913 bits per heavy atom. The number of hydrogen-bond donors (Lipinski definition) is 0. The summed E-state index contributed by atoms with van der Waals surface area (Å²) < 4.78 is 21.6. The highest BCUT2D eigenvalue weighted by molar-refractivity contribution is 5.87. The standard InChI is InChI=1S/C18H16O5/c1-20-12-6-4-5-11(9-12)16-10-13(19)17-14(23-16)7-8-15(21-2)18(17)22-3/h4-10H,1-3H3. The zero-order valence-corrected chi connectivity index (χ0v) is 13.1. The lowest BCUT2D eigenvalue weighted by atomic mass is 10.1. The number of methoxy groups -OCH3 is 3. The summed E-state index contributed by atoms with van der Waals surface area (Å²) in [6.07, 6.45) is 0. The van der Waals surface area contributed by atoms with Crippen molar-refractivity contribution in [1.29, 1.82) is 0 Å². The molecule has 3 rings (SSSR count). The Kier molecular flexibility index (Phi) is 3.93. The number of hydrogen-bond acceptors (Lipinski definition) is 5. The van der Waals surface area contributed by atoms with E-state index in [-0.39, 0.29) is 5.43 Å². The van der Waals surface area contributed by atoms with Crippen LogP contribution in [0.15, 0.2) is 51.7 Å². The average molecular weight is 312 g/mol. The zero-order chi connectivity index (χ0) is 16.4. The first-order valence-corrected chi connectivity index (χ1v) is 7.01. The second-order valence-corrected chi connectivity index (χ2v) is 4.88. The lowest BCUT2D eigenvalue weighted by molar-refractivity contribution is 0.358. The SMILES string of the molecule is COc1cccc(-c2cc(=O)c3c(OC)c(OC)ccc3o2)c1. The molecule has 0 aliphatic heterocycles. The molecule has 0 saturated carbocycles. The van der Waals surface area contributed by atoms with Crippen LogP contribution in [0, 0.1) is 0 Å². The molecular weight excluding hydrogens is 296 g/mol. The molecule has 1 heterocycles. The number of ether oxygens (including phenoxy) is 3. The Labute approximate surface area is 133 Å². The molecule has 5 nitrogen and oxygen atoms in total. The van der Waals surface area contributed by atoms with E-state index in [9.17, 15) is 4.79 Å². The summed E-state index contributed by atoms with van der Waals surface area (Å²) in [5.74, 6) is 2.02. The van der Waals surface area contributed by atoms with Crippen molar-refractivity contribution in [2.45, 2.75) is 0 Å². The van der Waals surface area contributed by atoms with Crippen LogP contribution in [-0.2, 0) is 0 Å².